The minimum absolute atomic E-state index is 0.254. The van der Waals surface area contributed by atoms with Crippen LogP contribution in [0.5, 0.6) is 0 Å². The van der Waals surface area contributed by atoms with Gasteiger partial charge in [-0.25, -0.2) is 9.97 Å². The molecule has 4 nitrogen and oxygen atoms in total. The van der Waals surface area contributed by atoms with E-state index in [4.69, 9.17) is 15.5 Å². The van der Waals surface area contributed by atoms with Crippen molar-refractivity contribution in [2.45, 2.75) is 57.6 Å². The molecular weight excluding hydrogens is 226 g/mol. The Kier molecular flexibility index (Phi) is 4.30. The molecule has 1 aromatic heterocycles. The van der Waals surface area contributed by atoms with E-state index in [0.717, 1.165) is 42.8 Å². The number of hydrogen-bond donors (Lipinski definition) is 1. The van der Waals surface area contributed by atoms with Gasteiger partial charge < -0.3 is 10.5 Å². The maximum atomic E-state index is 5.74. The van der Waals surface area contributed by atoms with Crippen molar-refractivity contribution in [1.82, 2.24) is 9.97 Å². The summed E-state index contributed by atoms with van der Waals surface area (Å²) in [4.78, 5) is 9.24. The molecule has 1 aromatic rings. The maximum absolute atomic E-state index is 5.74. The summed E-state index contributed by atoms with van der Waals surface area (Å²) in [5.41, 5.74) is 7.64. The summed E-state index contributed by atoms with van der Waals surface area (Å²) in [6, 6.07) is 0. The molecule has 0 amide bonds. The molecule has 0 atom stereocenters. The molecule has 1 fully saturated rings. The average Bonchev–Trinajstić information content (AvgIpc) is 2.89. The molecule has 0 saturated heterocycles. The van der Waals surface area contributed by atoms with Crippen LogP contribution in [0, 0.1) is 0 Å². The van der Waals surface area contributed by atoms with Crippen molar-refractivity contribution >= 4 is 0 Å². The van der Waals surface area contributed by atoms with Crippen LogP contribution in [-0.2, 0) is 23.3 Å². The molecule has 1 saturated carbocycles. The average molecular weight is 249 g/mol. The summed E-state index contributed by atoms with van der Waals surface area (Å²) in [5.74, 6) is 0.850. The highest BCUT2D eigenvalue weighted by Gasteiger charge is 2.38. The van der Waals surface area contributed by atoms with Gasteiger partial charge in [0, 0.05) is 31.1 Å². The highest BCUT2D eigenvalue weighted by atomic mass is 16.5. The van der Waals surface area contributed by atoms with Gasteiger partial charge in [0.1, 0.15) is 5.60 Å². The third-order valence-corrected chi connectivity index (χ3v) is 3.87. The van der Waals surface area contributed by atoms with E-state index in [1.54, 1.807) is 7.11 Å². The predicted octanol–water partition coefficient (Wildman–Crippen LogP) is 2.30. The summed E-state index contributed by atoms with van der Waals surface area (Å²) in [6.07, 6.45) is 8.35. The van der Waals surface area contributed by atoms with E-state index in [1.807, 2.05) is 6.20 Å². The van der Waals surface area contributed by atoms with Crippen molar-refractivity contribution in [2.24, 2.45) is 5.73 Å². The molecule has 0 aromatic carbocycles. The highest BCUT2D eigenvalue weighted by molar-refractivity contribution is 5.20. The van der Waals surface area contributed by atoms with Gasteiger partial charge in [-0.05, 0) is 32.1 Å². The second-order valence-corrected chi connectivity index (χ2v) is 5.03. The van der Waals surface area contributed by atoms with Gasteiger partial charge in [0.15, 0.2) is 5.82 Å². The van der Waals surface area contributed by atoms with Crippen LogP contribution >= 0.6 is 0 Å². The first-order chi connectivity index (χ1) is 8.75. The number of aryl methyl sites for hydroxylation is 1. The number of nitrogens with two attached hydrogens (primary N) is 1. The van der Waals surface area contributed by atoms with E-state index in [9.17, 15) is 0 Å². The Morgan fingerprint density at radius 3 is 2.67 bits per heavy atom. The van der Waals surface area contributed by atoms with Crippen molar-refractivity contribution in [3.63, 3.8) is 0 Å². The molecule has 0 aliphatic heterocycles. The Morgan fingerprint density at radius 1 is 1.39 bits per heavy atom. The molecule has 1 heterocycles. The lowest BCUT2D eigenvalue weighted by Crippen LogP contribution is -2.28. The third kappa shape index (κ3) is 2.40. The molecule has 0 spiro atoms. The predicted molar refractivity (Wildman–Crippen MR) is 71.1 cm³/mol. The molecule has 0 unspecified atom stereocenters. The zero-order valence-electron chi connectivity index (χ0n) is 11.4. The number of aromatic nitrogens is 2. The lowest BCUT2D eigenvalue weighted by Gasteiger charge is -2.26. The van der Waals surface area contributed by atoms with Crippen LogP contribution in [-0.4, -0.2) is 17.1 Å². The molecule has 0 bridgehead atoms. The van der Waals surface area contributed by atoms with Crippen LogP contribution in [0.3, 0.4) is 0 Å². The van der Waals surface area contributed by atoms with E-state index < -0.39 is 0 Å². The van der Waals surface area contributed by atoms with Gasteiger partial charge in [-0.15, -0.1) is 0 Å². The molecular formula is C14H23N3O. The van der Waals surface area contributed by atoms with Crippen LogP contribution in [0.25, 0.3) is 0 Å². The fourth-order valence-corrected chi connectivity index (χ4v) is 2.75. The van der Waals surface area contributed by atoms with Gasteiger partial charge in [-0.1, -0.05) is 13.3 Å². The second-order valence-electron chi connectivity index (χ2n) is 5.03. The van der Waals surface area contributed by atoms with Gasteiger partial charge in [-0.3, -0.25) is 0 Å². The first kappa shape index (κ1) is 13.4. The van der Waals surface area contributed by atoms with Gasteiger partial charge in [0.2, 0.25) is 0 Å². The SMILES string of the molecule is CCCc1nc(C2(OC)CCCC2)ncc1CN. The molecule has 1 aliphatic carbocycles. The number of rotatable bonds is 5. The van der Waals surface area contributed by atoms with E-state index in [2.05, 4.69) is 11.9 Å². The normalized spacial score (nSPS) is 18.2. The van der Waals surface area contributed by atoms with E-state index in [1.165, 1.54) is 12.8 Å². The Hall–Kier alpha value is -1.00. The number of nitrogens with zero attached hydrogens (tertiary/aromatic N) is 2. The minimum Gasteiger partial charge on any atom is -0.370 e. The van der Waals surface area contributed by atoms with Crippen LogP contribution in [0.4, 0.5) is 0 Å². The van der Waals surface area contributed by atoms with Gasteiger partial charge >= 0.3 is 0 Å². The zero-order chi connectivity index (χ0) is 13.0. The summed E-state index contributed by atoms with van der Waals surface area (Å²) >= 11 is 0. The van der Waals surface area contributed by atoms with E-state index in [-0.39, 0.29) is 5.60 Å². The Morgan fingerprint density at radius 2 is 2.11 bits per heavy atom. The molecule has 100 valence electrons. The lowest BCUT2D eigenvalue weighted by atomic mass is 10.00. The van der Waals surface area contributed by atoms with Crippen molar-refractivity contribution < 1.29 is 4.74 Å². The van der Waals surface area contributed by atoms with E-state index >= 15 is 0 Å². The second kappa shape index (κ2) is 5.76. The van der Waals surface area contributed by atoms with Crippen molar-refractivity contribution in [2.75, 3.05) is 7.11 Å². The van der Waals surface area contributed by atoms with Gasteiger partial charge in [-0.2, -0.15) is 0 Å². The Labute approximate surface area is 109 Å². The third-order valence-electron chi connectivity index (χ3n) is 3.87. The first-order valence-corrected chi connectivity index (χ1v) is 6.86. The van der Waals surface area contributed by atoms with Crippen LogP contribution < -0.4 is 5.73 Å². The van der Waals surface area contributed by atoms with E-state index in [0.29, 0.717) is 6.54 Å². The van der Waals surface area contributed by atoms with Crippen molar-refractivity contribution in [3.05, 3.63) is 23.3 Å². The van der Waals surface area contributed by atoms with Crippen LogP contribution in [0.2, 0.25) is 0 Å². The van der Waals surface area contributed by atoms with Gasteiger partial charge in [0.05, 0.1) is 0 Å². The first-order valence-electron chi connectivity index (χ1n) is 6.86. The maximum Gasteiger partial charge on any atom is 0.160 e. The smallest absolute Gasteiger partial charge is 0.160 e. The quantitative estimate of drug-likeness (QED) is 0.870. The lowest BCUT2D eigenvalue weighted by molar-refractivity contribution is -0.0165. The minimum atomic E-state index is -0.254. The monoisotopic (exact) mass is 249 g/mol. The summed E-state index contributed by atoms with van der Waals surface area (Å²) in [5, 5.41) is 0. The van der Waals surface area contributed by atoms with Crippen LogP contribution in [0.15, 0.2) is 6.20 Å². The number of hydrogen-bond acceptors (Lipinski definition) is 4. The highest BCUT2D eigenvalue weighted by Crippen LogP contribution is 2.40. The molecule has 2 rings (SSSR count). The zero-order valence-corrected chi connectivity index (χ0v) is 11.4. The van der Waals surface area contributed by atoms with Crippen molar-refractivity contribution in [1.29, 1.82) is 0 Å². The number of ether oxygens (including phenoxy) is 1. The largest absolute Gasteiger partial charge is 0.370 e. The molecule has 2 N–H and O–H groups in total. The summed E-state index contributed by atoms with van der Waals surface area (Å²) < 4.78 is 5.74. The number of methoxy groups -OCH3 is 1. The summed E-state index contributed by atoms with van der Waals surface area (Å²) in [6.45, 7) is 2.67. The Balaban J connectivity index is 2.36. The van der Waals surface area contributed by atoms with Crippen LogP contribution in [0.1, 0.15) is 56.1 Å². The molecule has 18 heavy (non-hydrogen) atoms. The topological polar surface area (TPSA) is 61.0 Å². The molecule has 1 aliphatic rings. The van der Waals surface area contributed by atoms with Crippen molar-refractivity contribution in [3.8, 4) is 0 Å². The van der Waals surface area contributed by atoms with Gasteiger partial charge in [0.25, 0.3) is 0 Å². The molecule has 0 radical (unpaired) electrons. The Bertz CT molecular complexity index is 400. The fraction of sp³-hybridized carbons (Fsp3) is 0.714. The molecule has 4 heteroatoms. The standard InChI is InChI=1S/C14H23N3O/c1-3-6-12-11(9-15)10-16-13(17-12)14(18-2)7-4-5-8-14/h10H,3-9,15H2,1-2H3. The summed E-state index contributed by atoms with van der Waals surface area (Å²) in [7, 11) is 1.77. The fourth-order valence-electron chi connectivity index (χ4n) is 2.75.